The summed E-state index contributed by atoms with van der Waals surface area (Å²) in [6, 6.07) is 4.70. The normalized spacial score (nSPS) is 26.2. The Morgan fingerprint density at radius 3 is 2.41 bits per heavy atom. The minimum atomic E-state index is -0.336. The monoisotopic (exact) mass is 370 g/mol. The van der Waals surface area contributed by atoms with Crippen LogP contribution < -0.4 is 4.74 Å². The molecule has 1 aromatic rings. The molecule has 2 unspecified atom stereocenters. The van der Waals surface area contributed by atoms with Gasteiger partial charge in [0, 0.05) is 18.2 Å². The van der Waals surface area contributed by atoms with Gasteiger partial charge in [0.25, 0.3) is 0 Å². The summed E-state index contributed by atoms with van der Waals surface area (Å²) in [4.78, 5) is 13.8. The third-order valence-corrected chi connectivity index (χ3v) is 6.28. The highest BCUT2D eigenvalue weighted by atomic mass is 16.6. The molecule has 1 aromatic carbocycles. The van der Waals surface area contributed by atoms with Gasteiger partial charge in [0.1, 0.15) is 0 Å². The third-order valence-electron chi connectivity index (χ3n) is 6.28. The molecule has 0 amide bonds. The fourth-order valence-electron chi connectivity index (χ4n) is 4.58. The summed E-state index contributed by atoms with van der Waals surface area (Å²) < 4.78 is 5.81. The molecule has 1 heterocycles. The highest BCUT2D eigenvalue weighted by Gasteiger charge is 2.43. The van der Waals surface area contributed by atoms with Crippen LogP contribution in [0.25, 0.3) is 5.57 Å². The molecule has 146 valence electrons. The molecular formula is C22H30N2O3. The SMILES string of the molecule is Cc1cc([N+](=O)[O-])c(OC(C)C)cc1C1=CC(C2CC2)N(C)C(C2CC2)C1. The first-order valence-electron chi connectivity index (χ1n) is 10.2. The van der Waals surface area contributed by atoms with Crippen molar-refractivity contribution in [2.45, 2.75) is 71.1 Å². The van der Waals surface area contributed by atoms with E-state index in [1.54, 1.807) is 6.07 Å². The number of likely N-dealkylation sites (N-methyl/N-ethyl adjacent to an activating group) is 1. The van der Waals surface area contributed by atoms with Gasteiger partial charge < -0.3 is 4.74 Å². The molecule has 2 fully saturated rings. The van der Waals surface area contributed by atoms with E-state index >= 15 is 0 Å². The molecule has 4 rings (SSSR count). The van der Waals surface area contributed by atoms with Crippen LogP contribution in [0.5, 0.6) is 5.75 Å². The van der Waals surface area contributed by atoms with Crippen molar-refractivity contribution >= 4 is 11.3 Å². The van der Waals surface area contributed by atoms with Gasteiger partial charge >= 0.3 is 5.69 Å². The summed E-state index contributed by atoms with van der Waals surface area (Å²) in [5, 5.41) is 11.5. The average molecular weight is 370 g/mol. The lowest BCUT2D eigenvalue weighted by atomic mass is 9.85. The van der Waals surface area contributed by atoms with E-state index in [0.29, 0.717) is 17.8 Å². The van der Waals surface area contributed by atoms with Crippen molar-refractivity contribution in [2.24, 2.45) is 11.8 Å². The van der Waals surface area contributed by atoms with Crippen LogP contribution in [0.2, 0.25) is 0 Å². The molecule has 2 atom stereocenters. The van der Waals surface area contributed by atoms with Crippen LogP contribution in [-0.4, -0.2) is 35.1 Å². The van der Waals surface area contributed by atoms with E-state index in [0.717, 1.165) is 29.4 Å². The Morgan fingerprint density at radius 2 is 1.85 bits per heavy atom. The molecule has 27 heavy (non-hydrogen) atoms. The van der Waals surface area contributed by atoms with Crippen LogP contribution in [0.1, 0.15) is 57.1 Å². The Morgan fingerprint density at radius 1 is 1.19 bits per heavy atom. The molecule has 0 N–H and O–H groups in total. The van der Waals surface area contributed by atoms with Gasteiger partial charge in [-0.05, 0) is 94.5 Å². The zero-order valence-corrected chi connectivity index (χ0v) is 16.8. The van der Waals surface area contributed by atoms with Crippen molar-refractivity contribution in [3.05, 3.63) is 39.4 Å². The van der Waals surface area contributed by atoms with Gasteiger partial charge in [-0.25, -0.2) is 0 Å². The summed E-state index contributed by atoms with van der Waals surface area (Å²) in [7, 11) is 2.29. The molecule has 0 radical (unpaired) electrons. The van der Waals surface area contributed by atoms with Crippen molar-refractivity contribution < 1.29 is 9.66 Å². The maximum Gasteiger partial charge on any atom is 0.311 e. The van der Waals surface area contributed by atoms with Gasteiger partial charge in [0.05, 0.1) is 11.0 Å². The second kappa shape index (κ2) is 6.93. The van der Waals surface area contributed by atoms with Gasteiger partial charge in [0.15, 0.2) is 5.75 Å². The standard InChI is InChI=1S/C22H30N2O3/c1-13(2)27-22-12-18(14(3)9-21(22)24(25)26)17-10-19(15-5-6-15)23(4)20(11-17)16-7-8-16/h9-10,12-13,15-16,19-20H,5-8,11H2,1-4H3. The lowest BCUT2D eigenvalue weighted by Gasteiger charge is -2.39. The molecule has 0 saturated heterocycles. The number of ether oxygens (including phenoxy) is 1. The first-order chi connectivity index (χ1) is 12.8. The zero-order valence-electron chi connectivity index (χ0n) is 16.8. The van der Waals surface area contributed by atoms with Gasteiger partial charge in [-0.3, -0.25) is 15.0 Å². The summed E-state index contributed by atoms with van der Waals surface area (Å²) in [5.41, 5.74) is 3.51. The second-order valence-electron chi connectivity index (χ2n) is 8.85. The zero-order chi connectivity index (χ0) is 19.3. The number of rotatable bonds is 6. The highest BCUT2D eigenvalue weighted by Crippen LogP contribution is 2.48. The van der Waals surface area contributed by atoms with Crippen molar-refractivity contribution in [3.8, 4) is 5.75 Å². The van der Waals surface area contributed by atoms with E-state index in [-0.39, 0.29) is 16.7 Å². The lowest BCUT2D eigenvalue weighted by Crippen LogP contribution is -2.44. The fraction of sp³-hybridized carbons (Fsp3) is 0.636. The molecule has 1 aliphatic heterocycles. The number of hydrogen-bond acceptors (Lipinski definition) is 4. The Hall–Kier alpha value is -1.88. The average Bonchev–Trinajstić information content (AvgIpc) is 3.48. The third kappa shape index (κ3) is 3.75. The largest absolute Gasteiger partial charge is 0.484 e. The van der Waals surface area contributed by atoms with Crippen LogP contribution in [-0.2, 0) is 0 Å². The predicted octanol–water partition coefficient (Wildman–Crippen LogP) is 4.97. The minimum absolute atomic E-state index is 0.0657. The Kier molecular flexibility index (Phi) is 4.75. The molecule has 5 nitrogen and oxygen atoms in total. The predicted molar refractivity (Wildman–Crippen MR) is 107 cm³/mol. The van der Waals surface area contributed by atoms with E-state index in [1.807, 2.05) is 26.8 Å². The molecule has 3 aliphatic rings. The van der Waals surface area contributed by atoms with E-state index in [9.17, 15) is 10.1 Å². The number of benzene rings is 1. The van der Waals surface area contributed by atoms with Crippen molar-refractivity contribution in [3.63, 3.8) is 0 Å². The Balaban J connectivity index is 1.74. The summed E-state index contributed by atoms with van der Waals surface area (Å²) >= 11 is 0. The number of aryl methyl sites for hydroxylation is 1. The number of hydrogen-bond donors (Lipinski definition) is 0. The van der Waals surface area contributed by atoms with Crippen molar-refractivity contribution in [1.82, 2.24) is 4.90 Å². The first-order valence-corrected chi connectivity index (χ1v) is 10.2. The number of nitro benzene ring substituents is 1. The maximum atomic E-state index is 11.5. The van der Waals surface area contributed by atoms with Gasteiger partial charge in [-0.15, -0.1) is 0 Å². The van der Waals surface area contributed by atoms with Gasteiger partial charge in [0.2, 0.25) is 0 Å². The molecule has 0 aromatic heterocycles. The molecule has 0 spiro atoms. The fourth-order valence-corrected chi connectivity index (χ4v) is 4.58. The summed E-state index contributed by atoms with van der Waals surface area (Å²) in [5.74, 6) is 1.97. The van der Waals surface area contributed by atoms with Crippen LogP contribution in [0.4, 0.5) is 5.69 Å². The van der Waals surface area contributed by atoms with Crippen LogP contribution in [0, 0.1) is 28.9 Å². The quantitative estimate of drug-likeness (QED) is 0.524. The summed E-state index contributed by atoms with van der Waals surface area (Å²) in [6.07, 6.45) is 8.67. The summed E-state index contributed by atoms with van der Waals surface area (Å²) in [6.45, 7) is 5.80. The number of nitrogens with zero attached hydrogens (tertiary/aromatic N) is 2. The molecule has 0 bridgehead atoms. The van der Waals surface area contributed by atoms with Gasteiger partial charge in [-0.2, -0.15) is 0 Å². The van der Waals surface area contributed by atoms with Gasteiger partial charge in [-0.1, -0.05) is 6.08 Å². The lowest BCUT2D eigenvalue weighted by molar-refractivity contribution is -0.386. The smallest absolute Gasteiger partial charge is 0.311 e. The Bertz CT molecular complexity index is 778. The highest BCUT2D eigenvalue weighted by molar-refractivity contribution is 5.73. The van der Waals surface area contributed by atoms with Crippen molar-refractivity contribution in [1.29, 1.82) is 0 Å². The molecule has 2 saturated carbocycles. The number of nitro groups is 1. The molecule has 2 aliphatic carbocycles. The molecular weight excluding hydrogens is 340 g/mol. The topological polar surface area (TPSA) is 55.6 Å². The van der Waals surface area contributed by atoms with E-state index in [4.69, 9.17) is 4.74 Å². The van der Waals surface area contributed by atoms with Crippen LogP contribution in [0.15, 0.2) is 18.2 Å². The van der Waals surface area contributed by atoms with E-state index in [1.165, 1.54) is 31.3 Å². The molecule has 5 heteroatoms. The van der Waals surface area contributed by atoms with Crippen molar-refractivity contribution in [2.75, 3.05) is 7.05 Å². The first kappa shape index (κ1) is 18.5. The van der Waals surface area contributed by atoms with E-state index in [2.05, 4.69) is 18.0 Å². The van der Waals surface area contributed by atoms with Crippen LogP contribution in [0.3, 0.4) is 0 Å². The second-order valence-corrected chi connectivity index (χ2v) is 8.85. The Labute approximate surface area is 161 Å². The minimum Gasteiger partial charge on any atom is -0.484 e. The van der Waals surface area contributed by atoms with E-state index < -0.39 is 0 Å². The maximum absolute atomic E-state index is 11.5. The van der Waals surface area contributed by atoms with Crippen LogP contribution >= 0.6 is 0 Å².